The molecule has 3 aromatic carbocycles. The van der Waals surface area contributed by atoms with Crippen LogP contribution in [0, 0.1) is 6.92 Å². The summed E-state index contributed by atoms with van der Waals surface area (Å²) in [5.41, 5.74) is 7.81. The minimum atomic E-state index is -1.33. The van der Waals surface area contributed by atoms with Gasteiger partial charge in [-0.3, -0.25) is 0 Å². The number of hydrogen-bond acceptors (Lipinski definition) is 5. The molecule has 0 bridgehead atoms. The summed E-state index contributed by atoms with van der Waals surface area (Å²) in [5, 5.41) is 18.1. The van der Waals surface area contributed by atoms with Gasteiger partial charge < -0.3 is 24.6 Å². The summed E-state index contributed by atoms with van der Waals surface area (Å²) >= 11 is 0. The first kappa shape index (κ1) is 27.1. The van der Waals surface area contributed by atoms with Gasteiger partial charge >= 0.3 is 6.16 Å². The van der Waals surface area contributed by atoms with Crippen molar-refractivity contribution in [3.63, 3.8) is 0 Å². The number of carboxylic acid groups (broad SMARTS) is 1. The molecule has 0 heterocycles. The van der Waals surface area contributed by atoms with E-state index < -0.39 is 6.16 Å². The Morgan fingerprint density at radius 3 is 2.19 bits per heavy atom. The molecule has 0 aliphatic carbocycles. The maximum absolute atomic E-state index is 10.8. The van der Waals surface area contributed by atoms with E-state index in [0.29, 0.717) is 18.9 Å². The van der Waals surface area contributed by atoms with Crippen LogP contribution in [0.15, 0.2) is 54.6 Å². The Morgan fingerprint density at radius 2 is 1.61 bits per heavy atom. The molecular formula is C30H37NO5. The van der Waals surface area contributed by atoms with Gasteiger partial charge in [0, 0.05) is 37.4 Å². The molecule has 3 rings (SSSR count). The number of aliphatic hydroxyl groups excluding tert-OH is 1. The Labute approximate surface area is 214 Å². The van der Waals surface area contributed by atoms with Gasteiger partial charge in [-0.1, -0.05) is 32.0 Å². The summed E-state index contributed by atoms with van der Waals surface area (Å²) in [6, 6.07) is 17.5. The number of anilines is 1. The summed E-state index contributed by atoms with van der Waals surface area (Å²) < 4.78 is 10.8. The van der Waals surface area contributed by atoms with Crippen LogP contribution >= 0.6 is 0 Å². The SMILES string of the molecule is CCN(CC)c1c(C)cc(-c2cc(-c3ccc(OC(=O)O)cc3)ccc2OCCCO)cc1C(C)C. The smallest absolute Gasteiger partial charge is 0.493 e. The summed E-state index contributed by atoms with van der Waals surface area (Å²) in [6.45, 7) is 13.4. The molecule has 0 amide bonds. The summed E-state index contributed by atoms with van der Waals surface area (Å²) in [4.78, 5) is 13.2. The summed E-state index contributed by atoms with van der Waals surface area (Å²) in [7, 11) is 0. The number of aliphatic hydroxyl groups is 1. The Kier molecular flexibility index (Phi) is 9.37. The molecule has 0 spiro atoms. The molecular weight excluding hydrogens is 454 g/mol. The van der Waals surface area contributed by atoms with Crippen molar-refractivity contribution in [2.75, 3.05) is 31.2 Å². The lowest BCUT2D eigenvalue weighted by Gasteiger charge is -2.29. The van der Waals surface area contributed by atoms with Gasteiger partial charge in [-0.05, 0) is 90.9 Å². The van der Waals surface area contributed by atoms with Crippen molar-refractivity contribution in [1.82, 2.24) is 0 Å². The van der Waals surface area contributed by atoms with Crippen LogP contribution < -0.4 is 14.4 Å². The van der Waals surface area contributed by atoms with Gasteiger partial charge in [-0.15, -0.1) is 0 Å². The molecule has 36 heavy (non-hydrogen) atoms. The number of ether oxygens (including phenoxy) is 2. The quantitative estimate of drug-likeness (QED) is 0.169. The van der Waals surface area contributed by atoms with E-state index in [2.05, 4.69) is 57.7 Å². The van der Waals surface area contributed by atoms with E-state index in [1.54, 1.807) is 12.1 Å². The van der Waals surface area contributed by atoms with Gasteiger partial charge in [0.05, 0.1) is 6.61 Å². The largest absolute Gasteiger partial charge is 0.511 e. The topological polar surface area (TPSA) is 79.2 Å². The minimum absolute atomic E-state index is 0.0767. The molecule has 0 saturated heterocycles. The number of aryl methyl sites for hydroxylation is 1. The lowest BCUT2D eigenvalue weighted by molar-refractivity contribution is 0.144. The van der Waals surface area contributed by atoms with Crippen molar-refractivity contribution in [2.45, 2.75) is 47.0 Å². The normalized spacial score (nSPS) is 11.0. The van der Waals surface area contributed by atoms with Gasteiger partial charge in [-0.25, -0.2) is 4.79 Å². The predicted octanol–water partition coefficient (Wildman–Crippen LogP) is 7.12. The Bertz CT molecular complexity index is 1170. The standard InChI is InChI=1S/C30H37NO5/c1-6-31(7-2)29-21(5)17-24(19-26(29)20(3)4)27-18-23(11-14-28(27)35-16-8-15-32)22-9-12-25(13-10-22)36-30(33)34/h9-14,17-20,32H,6-8,15-16H2,1-5H3,(H,33,34). The van der Waals surface area contributed by atoms with Crippen LogP contribution in [0.5, 0.6) is 11.5 Å². The molecule has 0 aliphatic rings. The zero-order valence-electron chi connectivity index (χ0n) is 21.9. The van der Waals surface area contributed by atoms with E-state index in [1.165, 1.54) is 16.8 Å². The first-order valence-electron chi connectivity index (χ1n) is 12.6. The zero-order valence-corrected chi connectivity index (χ0v) is 21.9. The van der Waals surface area contributed by atoms with Crippen LogP contribution in [0.3, 0.4) is 0 Å². The van der Waals surface area contributed by atoms with Gasteiger partial charge in [0.25, 0.3) is 0 Å². The molecule has 6 heteroatoms. The Balaban J connectivity index is 2.13. The fraction of sp³-hybridized carbons (Fsp3) is 0.367. The molecule has 192 valence electrons. The number of nitrogens with zero attached hydrogens (tertiary/aromatic N) is 1. The highest BCUT2D eigenvalue weighted by Crippen LogP contribution is 2.40. The van der Waals surface area contributed by atoms with E-state index in [0.717, 1.165) is 41.1 Å². The van der Waals surface area contributed by atoms with Crippen molar-refractivity contribution in [3.05, 3.63) is 65.7 Å². The fourth-order valence-corrected chi connectivity index (χ4v) is 4.50. The lowest BCUT2D eigenvalue weighted by atomic mass is 9.90. The van der Waals surface area contributed by atoms with Crippen LogP contribution in [-0.2, 0) is 0 Å². The van der Waals surface area contributed by atoms with Crippen molar-refractivity contribution in [3.8, 4) is 33.8 Å². The average molecular weight is 492 g/mol. The third-order valence-corrected chi connectivity index (χ3v) is 6.28. The predicted molar refractivity (Wildman–Crippen MR) is 146 cm³/mol. The van der Waals surface area contributed by atoms with Crippen LogP contribution in [0.25, 0.3) is 22.3 Å². The fourth-order valence-electron chi connectivity index (χ4n) is 4.50. The second kappa shape index (κ2) is 12.5. The molecule has 0 saturated carbocycles. The van der Waals surface area contributed by atoms with E-state index >= 15 is 0 Å². The first-order valence-corrected chi connectivity index (χ1v) is 12.6. The third-order valence-electron chi connectivity index (χ3n) is 6.28. The van der Waals surface area contributed by atoms with E-state index in [9.17, 15) is 9.90 Å². The average Bonchev–Trinajstić information content (AvgIpc) is 2.85. The molecule has 0 aliphatic heterocycles. The maximum Gasteiger partial charge on any atom is 0.511 e. The van der Waals surface area contributed by atoms with Crippen molar-refractivity contribution in [1.29, 1.82) is 0 Å². The molecule has 0 aromatic heterocycles. The van der Waals surface area contributed by atoms with Crippen molar-refractivity contribution in [2.24, 2.45) is 0 Å². The monoisotopic (exact) mass is 491 g/mol. The lowest BCUT2D eigenvalue weighted by Crippen LogP contribution is -2.24. The highest BCUT2D eigenvalue weighted by Gasteiger charge is 2.18. The van der Waals surface area contributed by atoms with Crippen molar-refractivity contribution < 1.29 is 24.5 Å². The third kappa shape index (κ3) is 6.38. The van der Waals surface area contributed by atoms with Gasteiger partial charge in [0.2, 0.25) is 0 Å². The highest BCUT2D eigenvalue weighted by atomic mass is 16.7. The second-order valence-corrected chi connectivity index (χ2v) is 9.09. The minimum Gasteiger partial charge on any atom is -0.493 e. The van der Waals surface area contributed by atoms with E-state index in [1.807, 2.05) is 24.3 Å². The molecule has 3 aromatic rings. The zero-order chi connectivity index (χ0) is 26.2. The van der Waals surface area contributed by atoms with E-state index in [-0.39, 0.29) is 12.4 Å². The van der Waals surface area contributed by atoms with E-state index in [4.69, 9.17) is 14.6 Å². The number of carbonyl (C=O) groups is 1. The van der Waals surface area contributed by atoms with Gasteiger partial charge in [0.15, 0.2) is 0 Å². The molecule has 2 N–H and O–H groups in total. The Hall–Kier alpha value is -3.51. The van der Waals surface area contributed by atoms with Gasteiger partial charge in [0.1, 0.15) is 11.5 Å². The van der Waals surface area contributed by atoms with Crippen LogP contribution in [0.4, 0.5) is 10.5 Å². The first-order chi connectivity index (χ1) is 17.3. The molecule has 0 radical (unpaired) electrons. The summed E-state index contributed by atoms with van der Waals surface area (Å²) in [6.07, 6.45) is -0.775. The molecule has 0 fully saturated rings. The highest BCUT2D eigenvalue weighted by molar-refractivity contribution is 5.81. The molecule has 0 unspecified atom stereocenters. The van der Waals surface area contributed by atoms with Crippen molar-refractivity contribution >= 4 is 11.8 Å². The molecule has 6 nitrogen and oxygen atoms in total. The van der Waals surface area contributed by atoms with Crippen LogP contribution in [0.1, 0.15) is 51.2 Å². The van der Waals surface area contributed by atoms with Crippen LogP contribution in [-0.4, -0.2) is 42.7 Å². The summed E-state index contributed by atoms with van der Waals surface area (Å²) in [5.74, 6) is 1.39. The number of hydrogen-bond donors (Lipinski definition) is 2. The number of rotatable bonds is 11. The second-order valence-electron chi connectivity index (χ2n) is 9.09. The van der Waals surface area contributed by atoms with Crippen LogP contribution in [0.2, 0.25) is 0 Å². The Morgan fingerprint density at radius 1 is 0.944 bits per heavy atom. The number of benzene rings is 3. The van der Waals surface area contributed by atoms with Gasteiger partial charge in [-0.2, -0.15) is 0 Å². The maximum atomic E-state index is 10.8. The molecule has 0 atom stereocenters.